The van der Waals surface area contributed by atoms with Crippen molar-refractivity contribution in [3.8, 4) is 0 Å². The molecule has 1 aliphatic rings. The molecule has 1 N–H and O–H groups in total. The maximum Gasteiger partial charge on any atom is 0.224 e. The molecule has 0 aromatic heterocycles. The first-order chi connectivity index (χ1) is 7.35. The Kier molecular flexibility index (Phi) is 4.28. The predicted octanol–water partition coefficient (Wildman–Crippen LogP) is 3.19. The first-order valence-corrected chi connectivity index (χ1v) is 6.73. The summed E-state index contributed by atoms with van der Waals surface area (Å²) in [5, 5.41) is 3.03. The van der Waals surface area contributed by atoms with Crippen molar-refractivity contribution in [2.75, 3.05) is 12.4 Å². The summed E-state index contributed by atoms with van der Waals surface area (Å²) in [6, 6.07) is 0. The van der Waals surface area contributed by atoms with Crippen LogP contribution in [0.3, 0.4) is 0 Å². The molecule has 2 nitrogen and oxygen atoms in total. The Morgan fingerprint density at radius 2 is 1.69 bits per heavy atom. The number of rotatable bonds is 6. The molecule has 0 bridgehead atoms. The number of amides is 1. The Morgan fingerprint density at radius 1 is 1.12 bits per heavy atom. The monoisotopic (exact) mass is 245 g/mol. The highest BCUT2D eigenvalue weighted by Crippen LogP contribution is 2.68. The molecule has 0 spiro atoms. The molecule has 3 heteroatoms. The van der Waals surface area contributed by atoms with Crippen molar-refractivity contribution in [2.45, 2.75) is 47.0 Å². The quantitative estimate of drug-likeness (QED) is 0.565. The second-order valence-electron chi connectivity index (χ2n) is 5.92. The number of carbonyl (C=O) groups is 1. The van der Waals surface area contributed by atoms with E-state index < -0.39 is 0 Å². The van der Waals surface area contributed by atoms with Gasteiger partial charge in [0.2, 0.25) is 5.91 Å². The van der Waals surface area contributed by atoms with Gasteiger partial charge in [0.25, 0.3) is 0 Å². The van der Waals surface area contributed by atoms with Gasteiger partial charge in [0, 0.05) is 18.3 Å². The molecule has 0 radical (unpaired) electrons. The van der Waals surface area contributed by atoms with Crippen molar-refractivity contribution in [2.24, 2.45) is 16.7 Å². The lowest BCUT2D eigenvalue weighted by molar-refractivity contribution is -0.123. The van der Waals surface area contributed by atoms with Crippen LogP contribution in [0.2, 0.25) is 0 Å². The molecule has 1 fully saturated rings. The van der Waals surface area contributed by atoms with E-state index in [-0.39, 0.29) is 22.7 Å². The summed E-state index contributed by atoms with van der Waals surface area (Å²) in [4.78, 5) is 11.9. The molecule has 1 aliphatic carbocycles. The number of unbranched alkanes of at least 4 members (excludes halogenated alkanes) is 2. The predicted molar refractivity (Wildman–Crippen MR) is 68.6 cm³/mol. The summed E-state index contributed by atoms with van der Waals surface area (Å²) < 4.78 is 0. The summed E-state index contributed by atoms with van der Waals surface area (Å²) in [7, 11) is 0. The number of alkyl halides is 1. The van der Waals surface area contributed by atoms with Gasteiger partial charge in [-0.25, -0.2) is 0 Å². The van der Waals surface area contributed by atoms with Crippen molar-refractivity contribution < 1.29 is 4.79 Å². The fourth-order valence-electron chi connectivity index (χ4n) is 2.56. The van der Waals surface area contributed by atoms with Crippen molar-refractivity contribution in [1.82, 2.24) is 5.32 Å². The molecule has 0 saturated heterocycles. The van der Waals surface area contributed by atoms with Crippen molar-refractivity contribution in [3.63, 3.8) is 0 Å². The highest BCUT2D eigenvalue weighted by molar-refractivity contribution is 6.17. The third kappa shape index (κ3) is 2.53. The van der Waals surface area contributed by atoms with Crippen LogP contribution < -0.4 is 5.32 Å². The molecule has 0 unspecified atom stereocenters. The van der Waals surface area contributed by atoms with Gasteiger partial charge in [-0.15, -0.1) is 11.6 Å². The van der Waals surface area contributed by atoms with Gasteiger partial charge in [-0.05, 0) is 23.7 Å². The van der Waals surface area contributed by atoms with Crippen LogP contribution in [-0.4, -0.2) is 18.3 Å². The summed E-state index contributed by atoms with van der Waals surface area (Å²) in [5.41, 5.74) is 0.292. The summed E-state index contributed by atoms with van der Waals surface area (Å²) in [6.07, 6.45) is 3.17. The first kappa shape index (κ1) is 13.8. The standard InChI is InChI=1S/C13H24ClNO/c1-12(2)10(13(12,3)4)11(16)15-9-7-5-6-8-14/h10H,5-9H2,1-4H3,(H,15,16). The highest BCUT2D eigenvalue weighted by Gasteiger charge is 2.68. The van der Waals surface area contributed by atoms with Crippen LogP contribution >= 0.6 is 11.6 Å². The molecule has 0 aromatic carbocycles. The van der Waals surface area contributed by atoms with E-state index in [2.05, 4.69) is 33.0 Å². The molecule has 1 saturated carbocycles. The van der Waals surface area contributed by atoms with E-state index in [0.29, 0.717) is 0 Å². The maximum absolute atomic E-state index is 11.9. The molecule has 94 valence electrons. The van der Waals surface area contributed by atoms with Crippen LogP contribution in [0.4, 0.5) is 0 Å². The van der Waals surface area contributed by atoms with E-state index in [4.69, 9.17) is 11.6 Å². The van der Waals surface area contributed by atoms with Gasteiger partial charge in [-0.3, -0.25) is 4.79 Å². The second kappa shape index (κ2) is 4.95. The van der Waals surface area contributed by atoms with E-state index in [1.54, 1.807) is 0 Å². The third-order valence-electron chi connectivity index (χ3n) is 4.39. The fourth-order valence-corrected chi connectivity index (χ4v) is 2.75. The van der Waals surface area contributed by atoms with Gasteiger partial charge < -0.3 is 5.32 Å². The molecule has 1 amide bonds. The number of halogens is 1. The third-order valence-corrected chi connectivity index (χ3v) is 4.66. The van der Waals surface area contributed by atoms with Crippen LogP contribution in [0.25, 0.3) is 0 Å². The smallest absolute Gasteiger partial charge is 0.224 e. The van der Waals surface area contributed by atoms with Crippen LogP contribution in [0.15, 0.2) is 0 Å². The summed E-state index contributed by atoms with van der Waals surface area (Å²) in [5.74, 6) is 1.12. The van der Waals surface area contributed by atoms with E-state index in [1.807, 2.05) is 0 Å². The average molecular weight is 246 g/mol. The van der Waals surface area contributed by atoms with Crippen molar-refractivity contribution in [3.05, 3.63) is 0 Å². The Hall–Kier alpha value is -0.240. The molecule has 0 atom stereocenters. The maximum atomic E-state index is 11.9. The number of hydrogen-bond donors (Lipinski definition) is 1. The highest BCUT2D eigenvalue weighted by atomic mass is 35.5. The molecule has 0 heterocycles. The van der Waals surface area contributed by atoms with Gasteiger partial charge >= 0.3 is 0 Å². The Morgan fingerprint density at radius 3 is 2.12 bits per heavy atom. The Balaban J connectivity index is 2.23. The Labute approximate surface area is 104 Å². The van der Waals surface area contributed by atoms with Crippen molar-refractivity contribution in [1.29, 1.82) is 0 Å². The van der Waals surface area contributed by atoms with E-state index >= 15 is 0 Å². The largest absolute Gasteiger partial charge is 0.356 e. The Bertz CT molecular complexity index is 247. The molecular weight excluding hydrogens is 222 g/mol. The minimum absolute atomic E-state index is 0.146. The van der Waals surface area contributed by atoms with Crippen LogP contribution in [0, 0.1) is 16.7 Å². The van der Waals surface area contributed by atoms with Gasteiger partial charge in [0.05, 0.1) is 0 Å². The second-order valence-corrected chi connectivity index (χ2v) is 6.30. The minimum Gasteiger partial charge on any atom is -0.356 e. The zero-order valence-electron chi connectivity index (χ0n) is 10.9. The molecule has 16 heavy (non-hydrogen) atoms. The van der Waals surface area contributed by atoms with Gasteiger partial charge in [-0.1, -0.05) is 34.1 Å². The normalized spacial score (nSPS) is 21.8. The fraction of sp³-hybridized carbons (Fsp3) is 0.923. The lowest BCUT2D eigenvalue weighted by Crippen LogP contribution is -2.28. The lowest BCUT2D eigenvalue weighted by Gasteiger charge is -2.05. The number of nitrogens with one attached hydrogen (secondary N) is 1. The van der Waals surface area contributed by atoms with Crippen LogP contribution in [0.1, 0.15) is 47.0 Å². The van der Waals surface area contributed by atoms with E-state index in [0.717, 1.165) is 31.7 Å². The van der Waals surface area contributed by atoms with Gasteiger partial charge in [0.1, 0.15) is 0 Å². The zero-order valence-corrected chi connectivity index (χ0v) is 11.7. The van der Waals surface area contributed by atoms with Crippen molar-refractivity contribution >= 4 is 17.5 Å². The molecular formula is C13H24ClNO. The summed E-state index contributed by atoms with van der Waals surface area (Å²) in [6.45, 7) is 9.48. The number of carbonyl (C=O) groups excluding carboxylic acids is 1. The minimum atomic E-state index is 0.146. The van der Waals surface area contributed by atoms with Gasteiger partial charge in [-0.2, -0.15) is 0 Å². The molecule has 1 rings (SSSR count). The molecule has 0 aliphatic heterocycles. The van der Waals surface area contributed by atoms with Crippen LogP contribution in [0.5, 0.6) is 0 Å². The average Bonchev–Trinajstić information content (AvgIpc) is 2.57. The summed E-state index contributed by atoms with van der Waals surface area (Å²) >= 11 is 5.59. The molecule has 0 aromatic rings. The zero-order chi connectivity index (χ0) is 12.4. The number of hydrogen-bond acceptors (Lipinski definition) is 1. The lowest BCUT2D eigenvalue weighted by atomic mass is 10.0. The van der Waals surface area contributed by atoms with E-state index in [9.17, 15) is 4.79 Å². The topological polar surface area (TPSA) is 29.1 Å². The first-order valence-electron chi connectivity index (χ1n) is 6.19. The van der Waals surface area contributed by atoms with Gasteiger partial charge in [0.15, 0.2) is 0 Å². The van der Waals surface area contributed by atoms with E-state index in [1.165, 1.54) is 0 Å². The van der Waals surface area contributed by atoms with Crippen LogP contribution in [-0.2, 0) is 4.79 Å². The SMILES string of the molecule is CC1(C)C(C(=O)NCCCCCCl)C1(C)C.